The number of rotatable bonds is 11. The molecular formula is C28H32IN3O4S. The first-order valence-electron chi connectivity index (χ1n) is 12.1. The maximum atomic E-state index is 13.9. The van der Waals surface area contributed by atoms with E-state index >= 15 is 0 Å². The van der Waals surface area contributed by atoms with Gasteiger partial charge in [0.25, 0.3) is 10.0 Å². The number of anilines is 1. The average Bonchev–Trinajstić information content (AvgIpc) is 2.89. The Bertz CT molecular complexity index is 1310. The zero-order valence-electron chi connectivity index (χ0n) is 21.2. The van der Waals surface area contributed by atoms with Crippen molar-refractivity contribution in [1.29, 1.82) is 0 Å². The molecule has 0 aromatic heterocycles. The van der Waals surface area contributed by atoms with E-state index in [-0.39, 0.29) is 17.3 Å². The molecule has 1 atom stereocenters. The van der Waals surface area contributed by atoms with E-state index in [1.807, 2.05) is 45.0 Å². The van der Waals surface area contributed by atoms with Crippen LogP contribution in [0.15, 0.2) is 83.8 Å². The molecule has 1 N–H and O–H groups in total. The van der Waals surface area contributed by atoms with Gasteiger partial charge in [-0.05, 0) is 90.4 Å². The summed E-state index contributed by atoms with van der Waals surface area (Å²) >= 11 is 2.14. The van der Waals surface area contributed by atoms with Gasteiger partial charge in [-0.1, -0.05) is 49.4 Å². The van der Waals surface area contributed by atoms with Crippen molar-refractivity contribution in [3.05, 3.63) is 93.6 Å². The lowest BCUT2D eigenvalue weighted by molar-refractivity contribution is -0.140. The van der Waals surface area contributed by atoms with Crippen LogP contribution in [0, 0.1) is 10.5 Å². The summed E-state index contributed by atoms with van der Waals surface area (Å²) in [6, 6.07) is 21.9. The quantitative estimate of drug-likeness (QED) is 0.310. The largest absolute Gasteiger partial charge is 0.355 e. The number of amides is 2. The van der Waals surface area contributed by atoms with Gasteiger partial charge in [-0.2, -0.15) is 0 Å². The van der Waals surface area contributed by atoms with Crippen molar-refractivity contribution in [2.24, 2.45) is 0 Å². The summed E-state index contributed by atoms with van der Waals surface area (Å²) < 4.78 is 29.5. The molecule has 3 aromatic carbocycles. The molecule has 0 bridgehead atoms. The maximum Gasteiger partial charge on any atom is 0.264 e. The van der Waals surface area contributed by atoms with E-state index in [2.05, 4.69) is 27.9 Å². The number of hydrogen-bond donors (Lipinski definition) is 1. The molecule has 0 aliphatic rings. The number of nitrogens with zero attached hydrogens (tertiary/aromatic N) is 2. The van der Waals surface area contributed by atoms with Gasteiger partial charge in [-0.15, -0.1) is 0 Å². The van der Waals surface area contributed by atoms with Gasteiger partial charge in [0, 0.05) is 16.7 Å². The summed E-state index contributed by atoms with van der Waals surface area (Å²) in [4.78, 5) is 28.5. The molecule has 196 valence electrons. The Labute approximate surface area is 233 Å². The lowest BCUT2D eigenvalue weighted by Gasteiger charge is -2.33. The van der Waals surface area contributed by atoms with Gasteiger partial charge in [-0.25, -0.2) is 8.42 Å². The smallest absolute Gasteiger partial charge is 0.264 e. The van der Waals surface area contributed by atoms with Gasteiger partial charge in [0.15, 0.2) is 0 Å². The molecule has 9 heteroatoms. The number of sulfonamides is 1. The van der Waals surface area contributed by atoms with Gasteiger partial charge in [0.1, 0.15) is 12.6 Å². The second kappa shape index (κ2) is 13.0. The second-order valence-electron chi connectivity index (χ2n) is 8.57. The molecule has 0 fully saturated rings. The summed E-state index contributed by atoms with van der Waals surface area (Å²) in [7, 11) is -4.06. The van der Waals surface area contributed by atoms with Crippen LogP contribution in [0.1, 0.15) is 31.4 Å². The zero-order chi connectivity index (χ0) is 27.0. The molecule has 0 unspecified atom stereocenters. The standard InChI is InChI=1S/C28H32IN3O4S/c1-4-26(28(34)30-5-2)31(19-22-12-10-9-11-21(22)3)27(33)20-32(24-17-15-23(29)16-18-24)37(35,36)25-13-7-6-8-14-25/h6-18,26H,4-5,19-20H2,1-3H3,(H,30,34)/t26-/m0/s1. The van der Waals surface area contributed by atoms with Crippen LogP contribution in [-0.4, -0.2) is 44.3 Å². The molecule has 0 aliphatic carbocycles. The highest BCUT2D eigenvalue weighted by Gasteiger charge is 2.33. The first-order chi connectivity index (χ1) is 17.7. The van der Waals surface area contributed by atoms with E-state index in [4.69, 9.17) is 0 Å². The number of carbonyl (C=O) groups excluding carboxylic acids is 2. The van der Waals surface area contributed by atoms with Crippen molar-refractivity contribution in [3.8, 4) is 0 Å². The van der Waals surface area contributed by atoms with E-state index in [0.29, 0.717) is 18.7 Å². The molecule has 3 aromatic rings. The van der Waals surface area contributed by atoms with Crippen molar-refractivity contribution in [1.82, 2.24) is 10.2 Å². The maximum absolute atomic E-state index is 13.9. The number of hydrogen-bond acceptors (Lipinski definition) is 4. The topological polar surface area (TPSA) is 86.8 Å². The average molecular weight is 634 g/mol. The third-order valence-electron chi connectivity index (χ3n) is 6.06. The Balaban J connectivity index is 2.05. The Kier molecular flexibility index (Phi) is 10.1. The van der Waals surface area contributed by atoms with Crippen LogP contribution in [-0.2, 0) is 26.2 Å². The van der Waals surface area contributed by atoms with Crippen molar-refractivity contribution in [2.75, 3.05) is 17.4 Å². The van der Waals surface area contributed by atoms with Crippen molar-refractivity contribution in [2.45, 2.75) is 44.7 Å². The molecule has 0 saturated carbocycles. The highest BCUT2D eigenvalue weighted by atomic mass is 127. The highest BCUT2D eigenvalue weighted by Crippen LogP contribution is 2.25. The van der Waals surface area contributed by atoms with Crippen LogP contribution in [0.3, 0.4) is 0 Å². The van der Waals surface area contributed by atoms with Crippen LogP contribution >= 0.6 is 22.6 Å². The van der Waals surface area contributed by atoms with Gasteiger partial charge in [0.2, 0.25) is 11.8 Å². The SMILES string of the molecule is CCNC(=O)[C@H](CC)N(Cc1ccccc1C)C(=O)CN(c1ccc(I)cc1)S(=O)(=O)c1ccccc1. The van der Waals surface area contributed by atoms with Crippen LogP contribution in [0.2, 0.25) is 0 Å². The van der Waals surface area contributed by atoms with Crippen molar-refractivity contribution >= 4 is 50.1 Å². The number of halogens is 1. The van der Waals surface area contributed by atoms with Crippen molar-refractivity contribution < 1.29 is 18.0 Å². The molecule has 0 spiro atoms. The minimum absolute atomic E-state index is 0.0857. The predicted octanol–water partition coefficient (Wildman–Crippen LogP) is 4.74. The summed E-state index contributed by atoms with van der Waals surface area (Å²) in [5, 5.41) is 2.81. The third kappa shape index (κ3) is 7.10. The van der Waals surface area contributed by atoms with Crippen molar-refractivity contribution in [3.63, 3.8) is 0 Å². The fraction of sp³-hybridized carbons (Fsp3) is 0.286. The van der Waals surface area contributed by atoms with Gasteiger partial charge >= 0.3 is 0 Å². The summed E-state index contributed by atoms with van der Waals surface area (Å²) in [5.41, 5.74) is 2.25. The molecular weight excluding hydrogens is 601 g/mol. The lowest BCUT2D eigenvalue weighted by atomic mass is 10.1. The minimum atomic E-state index is -4.06. The van der Waals surface area contributed by atoms with E-state index < -0.39 is 28.5 Å². The normalized spacial score (nSPS) is 12.0. The molecule has 0 aliphatic heterocycles. The van der Waals surface area contributed by atoms with E-state index in [0.717, 1.165) is 19.0 Å². The molecule has 3 rings (SSSR count). The monoisotopic (exact) mass is 633 g/mol. The van der Waals surface area contributed by atoms with Crippen LogP contribution < -0.4 is 9.62 Å². The van der Waals surface area contributed by atoms with Crippen LogP contribution in [0.25, 0.3) is 0 Å². The second-order valence-corrected chi connectivity index (χ2v) is 11.7. The van der Waals surface area contributed by atoms with E-state index in [9.17, 15) is 18.0 Å². The molecule has 0 radical (unpaired) electrons. The fourth-order valence-corrected chi connectivity index (χ4v) is 5.83. The third-order valence-corrected chi connectivity index (χ3v) is 8.57. The van der Waals surface area contributed by atoms with Crippen LogP contribution in [0.4, 0.5) is 5.69 Å². The molecule has 2 amide bonds. The summed E-state index contributed by atoms with van der Waals surface area (Å²) in [6.45, 7) is 5.78. The number of carbonyl (C=O) groups is 2. The molecule has 7 nitrogen and oxygen atoms in total. The van der Waals surface area contributed by atoms with Gasteiger partial charge < -0.3 is 10.2 Å². The number of likely N-dealkylation sites (N-methyl/N-ethyl adjacent to an activating group) is 1. The number of aryl methyl sites for hydroxylation is 1. The summed E-state index contributed by atoms with van der Waals surface area (Å²) in [6.07, 6.45) is 0.387. The van der Waals surface area contributed by atoms with Gasteiger partial charge in [0.05, 0.1) is 10.6 Å². The minimum Gasteiger partial charge on any atom is -0.355 e. The van der Waals surface area contributed by atoms with E-state index in [1.54, 1.807) is 42.5 Å². The molecule has 0 heterocycles. The first kappa shape index (κ1) is 28.6. The Hall–Kier alpha value is -2.92. The summed E-state index contributed by atoms with van der Waals surface area (Å²) in [5.74, 6) is -0.724. The first-order valence-corrected chi connectivity index (χ1v) is 14.7. The predicted molar refractivity (Wildman–Crippen MR) is 155 cm³/mol. The van der Waals surface area contributed by atoms with Gasteiger partial charge in [-0.3, -0.25) is 13.9 Å². The lowest BCUT2D eigenvalue weighted by Crippen LogP contribution is -2.52. The number of nitrogens with one attached hydrogen (secondary N) is 1. The Morgan fingerprint density at radius 3 is 2.14 bits per heavy atom. The van der Waals surface area contributed by atoms with Crippen LogP contribution in [0.5, 0.6) is 0 Å². The highest BCUT2D eigenvalue weighted by molar-refractivity contribution is 14.1. The zero-order valence-corrected chi connectivity index (χ0v) is 24.2. The number of benzene rings is 3. The Morgan fingerprint density at radius 1 is 0.919 bits per heavy atom. The van der Waals surface area contributed by atoms with E-state index in [1.165, 1.54) is 17.0 Å². The molecule has 0 saturated heterocycles. The Morgan fingerprint density at radius 2 is 1.54 bits per heavy atom. The molecule has 37 heavy (non-hydrogen) atoms. The fourth-order valence-electron chi connectivity index (χ4n) is 4.04.